The van der Waals surface area contributed by atoms with Crippen LogP contribution >= 0.6 is 0 Å². The smallest absolute Gasteiger partial charge is 0.248 e. The Kier molecular flexibility index (Phi) is 6.26. The van der Waals surface area contributed by atoms with Crippen molar-refractivity contribution in [3.63, 3.8) is 0 Å². The Labute approximate surface area is 152 Å². The van der Waals surface area contributed by atoms with Crippen LogP contribution < -0.4 is 11.1 Å². The molecule has 0 spiro atoms. The average molecular weight is 373 g/mol. The zero-order valence-electron chi connectivity index (χ0n) is 14.1. The van der Waals surface area contributed by atoms with E-state index in [0.717, 1.165) is 15.3 Å². The Morgan fingerprint density at radius 2 is 1.81 bits per heavy atom. The standard InChI is InChI=1S/C18H19N3O4S/c1-21(26(24,25)11-10-14-6-3-2-4-7-14)13-17(22)20-16-9-5-8-15(12-16)18(19)23/h2-12H,13H2,1H3,(H2,19,23)(H,20,22)/b11-10+. The molecule has 0 aliphatic rings. The lowest BCUT2D eigenvalue weighted by atomic mass is 10.2. The molecule has 0 aliphatic carbocycles. The summed E-state index contributed by atoms with van der Waals surface area (Å²) in [5.41, 5.74) is 6.52. The number of rotatable bonds is 7. The van der Waals surface area contributed by atoms with Crippen LogP contribution in [0.15, 0.2) is 60.0 Å². The predicted octanol–water partition coefficient (Wildman–Crippen LogP) is 1.66. The largest absolute Gasteiger partial charge is 0.366 e. The number of carbonyl (C=O) groups excluding carboxylic acids is 2. The molecule has 136 valence electrons. The van der Waals surface area contributed by atoms with Crippen LogP contribution in [0.1, 0.15) is 15.9 Å². The third-order valence-electron chi connectivity index (χ3n) is 3.46. The number of sulfonamides is 1. The Balaban J connectivity index is 2.00. The highest BCUT2D eigenvalue weighted by Gasteiger charge is 2.18. The van der Waals surface area contributed by atoms with E-state index in [0.29, 0.717) is 5.69 Å². The molecule has 0 atom stereocenters. The van der Waals surface area contributed by atoms with E-state index in [9.17, 15) is 18.0 Å². The van der Waals surface area contributed by atoms with Gasteiger partial charge < -0.3 is 11.1 Å². The molecule has 0 bridgehead atoms. The molecular weight excluding hydrogens is 354 g/mol. The van der Waals surface area contributed by atoms with Crippen molar-refractivity contribution < 1.29 is 18.0 Å². The van der Waals surface area contributed by atoms with Crippen molar-refractivity contribution in [2.45, 2.75) is 0 Å². The fourth-order valence-corrected chi connectivity index (χ4v) is 2.91. The number of hydrogen-bond acceptors (Lipinski definition) is 4. The monoisotopic (exact) mass is 373 g/mol. The molecule has 0 unspecified atom stereocenters. The van der Waals surface area contributed by atoms with Gasteiger partial charge in [-0.05, 0) is 29.8 Å². The number of nitrogens with one attached hydrogen (secondary N) is 1. The van der Waals surface area contributed by atoms with Gasteiger partial charge in [-0.25, -0.2) is 8.42 Å². The first kappa shape index (κ1) is 19.4. The minimum Gasteiger partial charge on any atom is -0.366 e. The minimum atomic E-state index is -3.75. The second-order valence-corrected chi connectivity index (χ2v) is 7.43. The summed E-state index contributed by atoms with van der Waals surface area (Å²) in [6, 6.07) is 15.0. The van der Waals surface area contributed by atoms with E-state index in [1.807, 2.05) is 6.07 Å². The molecule has 2 rings (SSSR count). The van der Waals surface area contributed by atoms with Gasteiger partial charge in [0.15, 0.2) is 0 Å². The second-order valence-electron chi connectivity index (χ2n) is 5.51. The summed E-state index contributed by atoms with van der Waals surface area (Å²) in [7, 11) is -2.44. The highest BCUT2D eigenvalue weighted by molar-refractivity contribution is 7.92. The fourth-order valence-electron chi connectivity index (χ4n) is 2.08. The fraction of sp³-hybridized carbons (Fsp3) is 0.111. The van der Waals surface area contributed by atoms with Crippen molar-refractivity contribution in [1.29, 1.82) is 0 Å². The van der Waals surface area contributed by atoms with Crippen molar-refractivity contribution >= 4 is 33.6 Å². The van der Waals surface area contributed by atoms with Crippen LogP contribution in [-0.2, 0) is 14.8 Å². The maximum absolute atomic E-state index is 12.2. The van der Waals surface area contributed by atoms with Crippen LogP contribution in [0.25, 0.3) is 6.08 Å². The molecule has 0 aliphatic heterocycles. The predicted molar refractivity (Wildman–Crippen MR) is 101 cm³/mol. The van der Waals surface area contributed by atoms with Crippen LogP contribution in [0.5, 0.6) is 0 Å². The van der Waals surface area contributed by atoms with Crippen LogP contribution in [-0.4, -0.2) is 38.1 Å². The molecule has 2 aromatic carbocycles. The topological polar surface area (TPSA) is 110 Å². The summed E-state index contributed by atoms with van der Waals surface area (Å²) in [5, 5.41) is 3.58. The zero-order chi connectivity index (χ0) is 19.2. The van der Waals surface area contributed by atoms with Gasteiger partial charge in [-0.1, -0.05) is 36.4 Å². The molecule has 2 amide bonds. The lowest BCUT2D eigenvalue weighted by Gasteiger charge is -2.14. The molecule has 2 aromatic rings. The van der Waals surface area contributed by atoms with Crippen molar-refractivity contribution in [3.05, 3.63) is 71.1 Å². The third kappa shape index (κ3) is 5.54. The van der Waals surface area contributed by atoms with Crippen LogP contribution in [0.3, 0.4) is 0 Å². The van der Waals surface area contributed by atoms with Crippen molar-refractivity contribution in [2.75, 3.05) is 18.9 Å². The Hall–Kier alpha value is -2.97. The van der Waals surface area contributed by atoms with E-state index in [1.54, 1.807) is 36.4 Å². The van der Waals surface area contributed by atoms with Crippen molar-refractivity contribution in [3.8, 4) is 0 Å². The van der Waals surface area contributed by atoms with Gasteiger partial charge in [0.1, 0.15) is 0 Å². The lowest BCUT2D eigenvalue weighted by Crippen LogP contribution is -2.33. The first-order valence-corrected chi connectivity index (χ1v) is 9.17. The maximum Gasteiger partial charge on any atom is 0.248 e. The summed E-state index contributed by atoms with van der Waals surface area (Å²) >= 11 is 0. The molecule has 0 radical (unpaired) electrons. The van der Waals surface area contributed by atoms with Crippen molar-refractivity contribution in [2.24, 2.45) is 5.73 Å². The number of amides is 2. The molecule has 26 heavy (non-hydrogen) atoms. The number of nitrogens with two attached hydrogens (primary N) is 1. The summed E-state index contributed by atoms with van der Waals surface area (Å²) in [4.78, 5) is 23.2. The Morgan fingerprint density at radius 1 is 1.12 bits per heavy atom. The number of likely N-dealkylation sites (N-methyl/N-ethyl adjacent to an activating group) is 1. The van der Waals surface area contributed by atoms with Gasteiger partial charge in [0, 0.05) is 23.7 Å². The average Bonchev–Trinajstić information content (AvgIpc) is 2.61. The van der Waals surface area contributed by atoms with Gasteiger partial charge in [-0.2, -0.15) is 4.31 Å². The highest BCUT2D eigenvalue weighted by Crippen LogP contribution is 2.11. The van der Waals surface area contributed by atoms with Gasteiger partial charge in [0.2, 0.25) is 21.8 Å². The summed E-state index contributed by atoms with van der Waals surface area (Å²) in [6.45, 7) is -0.373. The second kappa shape index (κ2) is 8.41. The highest BCUT2D eigenvalue weighted by atomic mass is 32.2. The maximum atomic E-state index is 12.2. The summed E-state index contributed by atoms with van der Waals surface area (Å²) in [5.74, 6) is -1.15. The number of primary amides is 1. The molecule has 0 saturated carbocycles. The molecule has 7 nitrogen and oxygen atoms in total. The van der Waals surface area contributed by atoms with E-state index in [4.69, 9.17) is 5.73 Å². The molecule has 0 fully saturated rings. The molecule has 0 saturated heterocycles. The summed E-state index contributed by atoms with van der Waals surface area (Å²) < 4.78 is 25.4. The molecule has 8 heteroatoms. The van der Waals surface area contributed by atoms with E-state index < -0.39 is 21.8 Å². The Bertz CT molecular complexity index is 924. The first-order chi connectivity index (χ1) is 12.3. The van der Waals surface area contributed by atoms with Crippen LogP contribution in [0, 0.1) is 0 Å². The van der Waals surface area contributed by atoms with Crippen LogP contribution in [0.2, 0.25) is 0 Å². The molecule has 3 N–H and O–H groups in total. The van der Waals surface area contributed by atoms with Gasteiger partial charge >= 0.3 is 0 Å². The normalized spacial score (nSPS) is 11.6. The minimum absolute atomic E-state index is 0.245. The SMILES string of the molecule is CN(CC(=O)Nc1cccc(C(N)=O)c1)S(=O)(=O)/C=C/c1ccccc1. The van der Waals surface area contributed by atoms with Crippen LogP contribution in [0.4, 0.5) is 5.69 Å². The zero-order valence-corrected chi connectivity index (χ0v) is 14.9. The van der Waals surface area contributed by atoms with E-state index >= 15 is 0 Å². The van der Waals surface area contributed by atoms with E-state index in [1.165, 1.54) is 25.3 Å². The summed E-state index contributed by atoms with van der Waals surface area (Å²) in [6.07, 6.45) is 1.46. The number of anilines is 1. The quantitative estimate of drug-likeness (QED) is 0.769. The van der Waals surface area contributed by atoms with Gasteiger partial charge in [0.25, 0.3) is 0 Å². The third-order valence-corrected chi connectivity index (χ3v) is 4.94. The molecule has 0 heterocycles. The number of benzene rings is 2. The molecular formula is C18H19N3O4S. The van der Waals surface area contributed by atoms with E-state index in [-0.39, 0.29) is 12.1 Å². The number of nitrogens with zero attached hydrogens (tertiary/aromatic N) is 1. The number of carbonyl (C=O) groups is 2. The molecule has 0 aromatic heterocycles. The van der Waals surface area contributed by atoms with E-state index in [2.05, 4.69) is 5.32 Å². The number of hydrogen-bond donors (Lipinski definition) is 2. The Morgan fingerprint density at radius 3 is 2.46 bits per heavy atom. The van der Waals surface area contributed by atoms with Crippen molar-refractivity contribution in [1.82, 2.24) is 4.31 Å². The lowest BCUT2D eigenvalue weighted by molar-refractivity contribution is -0.116. The first-order valence-electron chi connectivity index (χ1n) is 7.67. The van der Waals surface area contributed by atoms with Gasteiger partial charge in [-0.3, -0.25) is 9.59 Å². The van der Waals surface area contributed by atoms with Gasteiger partial charge in [-0.15, -0.1) is 0 Å². The van der Waals surface area contributed by atoms with Gasteiger partial charge in [0.05, 0.1) is 6.54 Å².